The van der Waals surface area contributed by atoms with Crippen molar-refractivity contribution in [2.75, 3.05) is 13.1 Å². The van der Waals surface area contributed by atoms with Gasteiger partial charge in [0.05, 0.1) is 5.69 Å². The van der Waals surface area contributed by atoms with Crippen LogP contribution in [-0.2, 0) is 5.54 Å². The smallest absolute Gasteiger partial charge is 0.114 e. The second kappa shape index (κ2) is 7.20. The number of likely N-dealkylation sites (tertiary alicyclic amines) is 1. The first-order valence-electron chi connectivity index (χ1n) is 9.20. The van der Waals surface area contributed by atoms with E-state index in [4.69, 9.17) is 4.98 Å². The third-order valence-corrected chi connectivity index (χ3v) is 5.25. The summed E-state index contributed by atoms with van der Waals surface area (Å²) in [5.74, 6) is 0. The zero-order chi connectivity index (χ0) is 17.0. The Labute approximate surface area is 150 Å². The number of hydrogen-bond donors (Lipinski definition) is 0. The minimum absolute atomic E-state index is 0.329. The van der Waals surface area contributed by atoms with Crippen molar-refractivity contribution in [1.82, 2.24) is 9.88 Å². The predicted molar refractivity (Wildman–Crippen MR) is 102 cm³/mol. The second-order valence-electron chi connectivity index (χ2n) is 6.71. The molecule has 4 rings (SSSR count). The molecule has 2 heterocycles. The Hall–Kier alpha value is -2.45. The summed E-state index contributed by atoms with van der Waals surface area (Å²) in [5, 5.41) is 0. The fourth-order valence-electron chi connectivity index (χ4n) is 4.15. The molecule has 0 amide bonds. The normalized spacial score (nSPS) is 15.8. The maximum absolute atomic E-state index is 4.84. The number of hydrogen-bond acceptors (Lipinski definition) is 2. The van der Waals surface area contributed by atoms with E-state index in [2.05, 4.69) is 77.7 Å². The molecule has 126 valence electrons. The minimum atomic E-state index is -0.329. The van der Waals surface area contributed by atoms with Gasteiger partial charge in [0.1, 0.15) is 5.54 Å². The van der Waals surface area contributed by atoms with Crippen LogP contribution in [0.25, 0.3) is 0 Å². The van der Waals surface area contributed by atoms with E-state index < -0.39 is 0 Å². The van der Waals surface area contributed by atoms with Crippen molar-refractivity contribution < 1.29 is 0 Å². The number of nitrogens with zero attached hydrogens (tertiary/aromatic N) is 2. The van der Waals surface area contributed by atoms with E-state index in [1.54, 1.807) is 0 Å². The van der Waals surface area contributed by atoms with E-state index in [0.717, 1.165) is 18.8 Å². The minimum Gasteiger partial charge on any atom is -0.285 e. The van der Waals surface area contributed by atoms with Gasteiger partial charge in [0.15, 0.2) is 0 Å². The van der Waals surface area contributed by atoms with Crippen LogP contribution in [0.15, 0.2) is 85.1 Å². The van der Waals surface area contributed by atoms with Crippen molar-refractivity contribution in [3.8, 4) is 0 Å². The van der Waals surface area contributed by atoms with E-state index in [9.17, 15) is 0 Å². The molecule has 0 unspecified atom stereocenters. The number of piperidine rings is 1. The number of benzene rings is 2. The summed E-state index contributed by atoms with van der Waals surface area (Å²) < 4.78 is 0. The summed E-state index contributed by atoms with van der Waals surface area (Å²) in [6.07, 6.45) is 5.72. The van der Waals surface area contributed by atoms with Gasteiger partial charge in [-0.05, 0) is 49.2 Å². The average Bonchev–Trinajstić information content (AvgIpc) is 2.72. The highest BCUT2D eigenvalue weighted by atomic mass is 15.2. The van der Waals surface area contributed by atoms with Gasteiger partial charge in [0, 0.05) is 6.20 Å². The number of pyridine rings is 1. The van der Waals surface area contributed by atoms with E-state index in [1.165, 1.54) is 30.4 Å². The van der Waals surface area contributed by atoms with Crippen LogP contribution in [0.4, 0.5) is 0 Å². The van der Waals surface area contributed by atoms with E-state index >= 15 is 0 Å². The average molecular weight is 328 g/mol. The highest BCUT2D eigenvalue weighted by Gasteiger charge is 2.43. The monoisotopic (exact) mass is 328 g/mol. The number of rotatable bonds is 4. The molecule has 2 aromatic carbocycles. The van der Waals surface area contributed by atoms with Crippen LogP contribution in [0.3, 0.4) is 0 Å². The van der Waals surface area contributed by atoms with E-state index in [-0.39, 0.29) is 5.54 Å². The number of aromatic nitrogens is 1. The van der Waals surface area contributed by atoms with Crippen LogP contribution in [0.1, 0.15) is 36.1 Å². The molecule has 3 aromatic rings. The highest BCUT2D eigenvalue weighted by molar-refractivity contribution is 5.47. The Morgan fingerprint density at radius 3 is 1.72 bits per heavy atom. The first-order valence-corrected chi connectivity index (χ1v) is 9.20. The zero-order valence-electron chi connectivity index (χ0n) is 14.5. The van der Waals surface area contributed by atoms with Crippen LogP contribution in [0, 0.1) is 0 Å². The van der Waals surface area contributed by atoms with Crippen LogP contribution in [-0.4, -0.2) is 23.0 Å². The molecule has 0 radical (unpaired) electrons. The molecule has 1 fully saturated rings. The molecule has 0 saturated carbocycles. The van der Waals surface area contributed by atoms with Crippen molar-refractivity contribution in [1.29, 1.82) is 0 Å². The van der Waals surface area contributed by atoms with Gasteiger partial charge in [0.25, 0.3) is 0 Å². The predicted octanol–water partition coefficient (Wildman–Crippen LogP) is 4.86. The maximum Gasteiger partial charge on any atom is 0.114 e. The van der Waals surface area contributed by atoms with Gasteiger partial charge < -0.3 is 0 Å². The van der Waals surface area contributed by atoms with E-state index in [0.29, 0.717) is 0 Å². The molecular weight excluding hydrogens is 304 g/mol. The molecule has 0 bridgehead atoms. The van der Waals surface area contributed by atoms with E-state index in [1.807, 2.05) is 12.3 Å². The van der Waals surface area contributed by atoms with Gasteiger partial charge >= 0.3 is 0 Å². The van der Waals surface area contributed by atoms with Crippen molar-refractivity contribution in [3.05, 3.63) is 102 Å². The Morgan fingerprint density at radius 2 is 1.20 bits per heavy atom. The molecule has 1 aromatic heterocycles. The summed E-state index contributed by atoms with van der Waals surface area (Å²) in [5.41, 5.74) is 3.36. The summed E-state index contributed by atoms with van der Waals surface area (Å²) in [4.78, 5) is 7.47. The van der Waals surface area contributed by atoms with Crippen molar-refractivity contribution in [2.45, 2.75) is 24.8 Å². The molecule has 1 aliphatic heterocycles. The highest BCUT2D eigenvalue weighted by Crippen LogP contribution is 2.42. The van der Waals surface area contributed by atoms with Gasteiger partial charge in [-0.15, -0.1) is 0 Å². The molecule has 25 heavy (non-hydrogen) atoms. The fraction of sp³-hybridized carbons (Fsp3) is 0.261. The third kappa shape index (κ3) is 2.87. The molecule has 0 atom stereocenters. The lowest BCUT2D eigenvalue weighted by atomic mass is 9.77. The lowest BCUT2D eigenvalue weighted by Gasteiger charge is -2.46. The maximum atomic E-state index is 4.84. The third-order valence-electron chi connectivity index (χ3n) is 5.25. The second-order valence-corrected chi connectivity index (χ2v) is 6.71. The standard InChI is InChI=1S/C23H24N2/c1-4-12-20(13-5-1)23(21-14-6-2-7-15-21,22-16-8-9-17-24-22)25-18-10-3-11-19-25/h1-2,4-9,12-17H,3,10-11,18-19H2. The first kappa shape index (κ1) is 16.0. The van der Waals surface area contributed by atoms with Gasteiger partial charge in [0.2, 0.25) is 0 Å². The van der Waals surface area contributed by atoms with Gasteiger partial charge in [-0.3, -0.25) is 9.88 Å². The van der Waals surface area contributed by atoms with Gasteiger partial charge in [-0.25, -0.2) is 0 Å². The van der Waals surface area contributed by atoms with Crippen LogP contribution in [0.2, 0.25) is 0 Å². The first-order chi connectivity index (χ1) is 12.4. The Kier molecular flexibility index (Phi) is 4.62. The van der Waals surface area contributed by atoms with Crippen molar-refractivity contribution >= 4 is 0 Å². The SMILES string of the molecule is c1ccc(C(c2ccccc2)(c2ccccn2)N2CCCCC2)cc1. The summed E-state index contributed by atoms with van der Waals surface area (Å²) in [6, 6.07) is 28.0. The summed E-state index contributed by atoms with van der Waals surface area (Å²) >= 11 is 0. The molecule has 0 N–H and O–H groups in total. The molecule has 2 nitrogen and oxygen atoms in total. The Morgan fingerprint density at radius 1 is 0.640 bits per heavy atom. The molecule has 0 aliphatic carbocycles. The quantitative estimate of drug-likeness (QED) is 0.680. The molecule has 1 aliphatic rings. The van der Waals surface area contributed by atoms with Crippen molar-refractivity contribution in [2.24, 2.45) is 0 Å². The van der Waals surface area contributed by atoms with Gasteiger partial charge in [-0.2, -0.15) is 0 Å². The molecule has 0 spiro atoms. The van der Waals surface area contributed by atoms with Gasteiger partial charge in [-0.1, -0.05) is 73.2 Å². The van der Waals surface area contributed by atoms with Crippen LogP contribution < -0.4 is 0 Å². The Bertz CT molecular complexity index is 681. The zero-order valence-corrected chi connectivity index (χ0v) is 14.5. The topological polar surface area (TPSA) is 16.1 Å². The molecule has 1 saturated heterocycles. The molecular formula is C23H24N2. The van der Waals surface area contributed by atoms with Crippen molar-refractivity contribution in [3.63, 3.8) is 0 Å². The molecule has 2 heteroatoms. The summed E-state index contributed by atoms with van der Waals surface area (Å²) in [6.45, 7) is 2.20. The Balaban J connectivity index is 2.01. The lowest BCUT2D eigenvalue weighted by Crippen LogP contribution is -2.50. The van der Waals surface area contributed by atoms with Crippen LogP contribution in [0.5, 0.6) is 0 Å². The van der Waals surface area contributed by atoms with Crippen LogP contribution >= 0.6 is 0 Å². The largest absolute Gasteiger partial charge is 0.285 e. The summed E-state index contributed by atoms with van der Waals surface area (Å²) in [7, 11) is 0. The fourth-order valence-corrected chi connectivity index (χ4v) is 4.15. The lowest BCUT2D eigenvalue weighted by molar-refractivity contribution is 0.124.